The van der Waals surface area contributed by atoms with Crippen molar-refractivity contribution in [1.29, 1.82) is 0 Å². The second-order valence-electron chi connectivity index (χ2n) is 11.5. The fourth-order valence-corrected chi connectivity index (χ4v) is 6.09. The summed E-state index contributed by atoms with van der Waals surface area (Å²) >= 11 is 0. The van der Waals surface area contributed by atoms with E-state index in [1.165, 1.54) is 12.1 Å². The van der Waals surface area contributed by atoms with Crippen molar-refractivity contribution in [3.05, 3.63) is 138 Å². The quantitative estimate of drug-likeness (QED) is 0.175. The molecule has 2 N–H and O–H groups in total. The lowest BCUT2D eigenvalue weighted by Crippen LogP contribution is -2.35. The number of hydrogen-bond acceptors (Lipinski definition) is 2. The number of anilines is 3. The Balaban J connectivity index is 1.47. The van der Waals surface area contributed by atoms with Crippen LogP contribution in [0.15, 0.2) is 121 Å². The van der Waals surface area contributed by atoms with Crippen molar-refractivity contribution in [3.8, 4) is 11.1 Å². The third kappa shape index (κ3) is 5.90. The summed E-state index contributed by atoms with van der Waals surface area (Å²) in [6.45, 7) is 3.68. The number of nitrogens with zero attached hydrogens (tertiary/aromatic N) is 1. The molecule has 6 heteroatoms. The van der Waals surface area contributed by atoms with Crippen LogP contribution >= 0.6 is 0 Å². The smallest absolute Gasteiger partial charge is 0.321 e. The maximum atomic E-state index is 13.4. The van der Waals surface area contributed by atoms with Crippen molar-refractivity contribution in [1.82, 2.24) is 0 Å². The second-order valence-corrected chi connectivity index (χ2v) is 11.5. The van der Waals surface area contributed by atoms with Gasteiger partial charge in [-0.3, -0.25) is 0 Å². The van der Waals surface area contributed by atoms with E-state index in [9.17, 15) is 17.6 Å². The lowest BCUT2D eigenvalue weighted by molar-refractivity contribution is -0.137. The molecule has 6 aromatic carbocycles. The van der Waals surface area contributed by atoms with E-state index in [0.717, 1.165) is 63.4 Å². The zero-order valence-corrected chi connectivity index (χ0v) is 25.2. The molecular formula is C39H34F4N2. The van der Waals surface area contributed by atoms with Crippen molar-refractivity contribution in [2.75, 3.05) is 4.90 Å². The third-order valence-corrected chi connectivity index (χ3v) is 8.87. The first-order chi connectivity index (χ1) is 21.6. The number of nitrogens with two attached hydrogens (primary N) is 1. The van der Waals surface area contributed by atoms with E-state index >= 15 is 0 Å². The second kappa shape index (κ2) is 12.0. The highest BCUT2D eigenvalue weighted by Gasteiger charge is 2.30. The van der Waals surface area contributed by atoms with Crippen LogP contribution in [0.1, 0.15) is 43.4 Å². The molecule has 0 amide bonds. The molecule has 0 unspecified atom stereocenters. The summed E-state index contributed by atoms with van der Waals surface area (Å²) in [5, 5.41) is 3.09. The summed E-state index contributed by atoms with van der Waals surface area (Å²) in [5.41, 5.74) is 12.1. The van der Waals surface area contributed by atoms with Gasteiger partial charge >= 0.3 is 6.18 Å². The van der Waals surface area contributed by atoms with Gasteiger partial charge in [0.1, 0.15) is 6.67 Å². The fourth-order valence-electron chi connectivity index (χ4n) is 6.09. The minimum atomic E-state index is -4.41. The zero-order chi connectivity index (χ0) is 31.8. The van der Waals surface area contributed by atoms with Gasteiger partial charge in [-0.2, -0.15) is 13.2 Å². The Morgan fingerprint density at radius 2 is 1.13 bits per heavy atom. The van der Waals surface area contributed by atoms with Gasteiger partial charge in [0.05, 0.1) is 5.56 Å². The number of benzene rings is 6. The van der Waals surface area contributed by atoms with E-state index in [0.29, 0.717) is 16.3 Å². The molecule has 0 bridgehead atoms. The van der Waals surface area contributed by atoms with Crippen molar-refractivity contribution in [3.63, 3.8) is 0 Å². The van der Waals surface area contributed by atoms with E-state index in [1.54, 1.807) is 12.1 Å². The largest absolute Gasteiger partial charge is 0.416 e. The fraction of sp³-hybridized carbons (Fsp3) is 0.179. The summed E-state index contributed by atoms with van der Waals surface area (Å²) in [6.07, 6.45) is -2.79. The minimum absolute atomic E-state index is 0.439. The molecule has 0 aromatic heterocycles. The van der Waals surface area contributed by atoms with Crippen LogP contribution in [-0.4, -0.2) is 0 Å². The Morgan fingerprint density at radius 3 is 1.73 bits per heavy atom. The number of halogens is 4. The average Bonchev–Trinajstić information content (AvgIpc) is 3.07. The molecule has 0 heterocycles. The maximum Gasteiger partial charge on any atom is 0.416 e. The Labute approximate surface area is 260 Å². The SMILES string of the molecule is CCC(N)(CC)c1ccccc1-c1ccc(N(c2ccc3cc(CF)ccc3c2)c2ccc3cc(C(F)(F)F)ccc3c2)cc1. The van der Waals surface area contributed by atoms with Crippen LogP contribution < -0.4 is 10.6 Å². The maximum absolute atomic E-state index is 13.4. The lowest BCUT2D eigenvalue weighted by Gasteiger charge is -2.30. The Bertz CT molecular complexity index is 1970. The number of alkyl halides is 4. The molecule has 0 aliphatic heterocycles. The van der Waals surface area contributed by atoms with Crippen LogP contribution in [0.25, 0.3) is 32.7 Å². The standard InChI is InChI=1S/C39H34F4N2/c1-3-38(44,4-2)37-8-6-5-7-36(37)27-12-17-33(18-13-27)45(34-19-14-28-21-26(25-40)9-10-30(28)23-34)35-20-15-29-22-32(39(41,42)43)16-11-31(29)24-35/h5-24H,3-4,25,44H2,1-2H3. The van der Waals surface area contributed by atoms with Gasteiger partial charge in [0.25, 0.3) is 0 Å². The molecule has 6 rings (SSSR count). The van der Waals surface area contributed by atoms with E-state index in [-0.39, 0.29) is 0 Å². The van der Waals surface area contributed by atoms with Crippen LogP contribution in [-0.2, 0) is 18.4 Å². The summed E-state index contributed by atoms with van der Waals surface area (Å²) in [4.78, 5) is 2.08. The number of fused-ring (bicyclic) bond motifs is 2. The first-order valence-electron chi connectivity index (χ1n) is 15.1. The van der Waals surface area contributed by atoms with Crippen molar-refractivity contribution in [2.45, 2.75) is 45.1 Å². The van der Waals surface area contributed by atoms with Gasteiger partial charge in [0.2, 0.25) is 0 Å². The predicted molar refractivity (Wildman–Crippen MR) is 178 cm³/mol. The lowest BCUT2D eigenvalue weighted by atomic mass is 9.81. The van der Waals surface area contributed by atoms with Gasteiger partial charge in [-0.15, -0.1) is 0 Å². The summed E-state index contributed by atoms with van der Waals surface area (Å²) in [5.74, 6) is 0. The monoisotopic (exact) mass is 606 g/mol. The molecule has 6 aromatic rings. The van der Waals surface area contributed by atoms with Crippen molar-refractivity contribution < 1.29 is 17.6 Å². The van der Waals surface area contributed by atoms with E-state index in [1.807, 2.05) is 54.6 Å². The van der Waals surface area contributed by atoms with Crippen LogP contribution in [0.5, 0.6) is 0 Å². The highest BCUT2D eigenvalue weighted by atomic mass is 19.4. The van der Waals surface area contributed by atoms with Gasteiger partial charge in [-0.25, -0.2) is 4.39 Å². The molecular weight excluding hydrogens is 572 g/mol. The Kier molecular flexibility index (Phi) is 8.10. The molecule has 0 fully saturated rings. The average molecular weight is 607 g/mol. The molecule has 45 heavy (non-hydrogen) atoms. The topological polar surface area (TPSA) is 29.3 Å². The molecule has 0 radical (unpaired) electrons. The predicted octanol–water partition coefficient (Wildman–Crippen LogP) is 11.6. The van der Waals surface area contributed by atoms with Gasteiger partial charge in [0.15, 0.2) is 0 Å². The van der Waals surface area contributed by atoms with E-state index in [2.05, 4.69) is 55.1 Å². The molecule has 0 saturated carbocycles. The van der Waals surface area contributed by atoms with Crippen LogP contribution in [0, 0.1) is 0 Å². The molecule has 0 saturated heterocycles. The van der Waals surface area contributed by atoms with Gasteiger partial charge in [-0.05, 0) is 111 Å². The molecule has 2 nitrogen and oxygen atoms in total. The molecule has 0 atom stereocenters. The van der Waals surface area contributed by atoms with Gasteiger partial charge < -0.3 is 10.6 Å². The highest BCUT2D eigenvalue weighted by molar-refractivity contribution is 5.93. The zero-order valence-electron chi connectivity index (χ0n) is 25.2. The van der Waals surface area contributed by atoms with Crippen LogP contribution in [0.4, 0.5) is 34.6 Å². The van der Waals surface area contributed by atoms with E-state index < -0.39 is 24.0 Å². The van der Waals surface area contributed by atoms with Crippen molar-refractivity contribution >= 4 is 38.6 Å². The minimum Gasteiger partial charge on any atom is -0.321 e. The Hall–Kier alpha value is -4.68. The number of rotatable bonds is 8. The molecule has 0 aliphatic rings. The Morgan fingerprint density at radius 1 is 0.600 bits per heavy atom. The first-order valence-corrected chi connectivity index (χ1v) is 15.1. The molecule has 0 spiro atoms. The highest BCUT2D eigenvalue weighted by Crippen LogP contribution is 2.41. The number of hydrogen-bond donors (Lipinski definition) is 1. The normalized spacial score (nSPS) is 12.2. The van der Waals surface area contributed by atoms with Crippen LogP contribution in [0.2, 0.25) is 0 Å². The molecule has 228 valence electrons. The van der Waals surface area contributed by atoms with E-state index in [4.69, 9.17) is 5.73 Å². The first kappa shape index (κ1) is 30.4. The summed E-state index contributed by atoms with van der Waals surface area (Å²) < 4.78 is 53.5. The third-order valence-electron chi connectivity index (χ3n) is 8.87. The summed E-state index contributed by atoms with van der Waals surface area (Å²) in [7, 11) is 0. The van der Waals surface area contributed by atoms with Gasteiger partial charge in [0, 0.05) is 22.6 Å². The summed E-state index contributed by atoms with van der Waals surface area (Å²) in [6, 6.07) is 37.3. The van der Waals surface area contributed by atoms with Gasteiger partial charge in [-0.1, -0.05) is 80.6 Å². The van der Waals surface area contributed by atoms with Crippen molar-refractivity contribution in [2.24, 2.45) is 5.73 Å². The molecule has 0 aliphatic carbocycles. The van der Waals surface area contributed by atoms with Crippen LogP contribution in [0.3, 0.4) is 0 Å².